The van der Waals surface area contributed by atoms with Crippen molar-refractivity contribution in [2.24, 2.45) is 0 Å². The summed E-state index contributed by atoms with van der Waals surface area (Å²) in [5.74, 6) is -0.165. The van der Waals surface area contributed by atoms with Gasteiger partial charge in [0.1, 0.15) is 5.75 Å². The highest BCUT2D eigenvalue weighted by molar-refractivity contribution is 8.09. The first-order chi connectivity index (χ1) is 10.0. The summed E-state index contributed by atoms with van der Waals surface area (Å²) in [6, 6.07) is 4.11. The van der Waals surface area contributed by atoms with Crippen molar-refractivity contribution in [3.05, 3.63) is 23.8 Å². The van der Waals surface area contributed by atoms with Gasteiger partial charge in [-0.2, -0.15) is 3.71 Å². The van der Waals surface area contributed by atoms with Gasteiger partial charge < -0.3 is 9.47 Å². The van der Waals surface area contributed by atoms with Crippen LogP contribution < -0.4 is 8.45 Å². The van der Waals surface area contributed by atoms with E-state index in [9.17, 15) is 21.6 Å². The Morgan fingerprint density at radius 2 is 1.82 bits per heavy atom. The van der Waals surface area contributed by atoms with Gasteiger partial charge in [0, 0.05) is 12.0 Å². The largest absolute Gasteiger partial charge is 0.478 e. The van der Waals surface area contributed by atoms with Crippen LogP contribution >= 0.6 is 0 Å². The minimum Gasteiger partial charge on any atom is -0.478 e. The van der Waals surface area contributed by atoms with Crippen LogP contribution in [0, 0.1) is 0 Å². The molecule has 1 aromatic carbocycles. The second-order valence-electron chi connectivity index (χ2n) is 4.85. The van der Waals surface area contributed by atoms with Crippen molar-refractivity contribution in [3.8, 4) is 5.75 Å². The third-order valence-corrected chi connectivity index (χ3v) is 6.25. The number of hydrogen-bond donors (Lipinski definition) is 0. The summed E-state index contributed by atoms with van der Waals surface area (Å²) < 4.78 is 57.3. The Kier molecular flexibility index (Phi) is 4.09. The molecule has 8 nitrogen and oxygen atoms in total. The van der Waals surface area contributed by atoms with Gasteiger partial charge in [-0.3, -0.25) is 0 Å². The number of anilines is 1. The average Bonchev–Trinajstić information content (AvgIpc) is 2.77. The number of hydrogen-bond acceptors (Lipinski definition) is 7. The Hall–Kier alpha value is -1.81. The predicted molar refractivity (Wildman–Crippen MR) is 78.7 cm³/mol. The van der Waals surface area contributed by atoms with Crippen LogP contribution in [0.15, 0.2) is 18.2 Å². The second-order valence-corrected chi connectivity index (χ2v) is 8.74. The van der Waals surface area contributed by atoms with E-state index >= 15 is 0 Å². The predicted octanol–water partition coefficient (Wildman–Crippen LogP) is -0.111. The van der Waals surface area contributed by atoms with Gasteiger partial charge in [-0.15, -0.1) is 0 Å². The van der Waals surface area contributed by atoms with Gasteiger partial charge in [0.15, 0.2) is 6.10 Å². The zero-order valence-corrected chi connectivity index (χ0v) is 13.8. The summed E-state index contributed by atoms with van der Waals surface area (Å²) in [4.78, 5) is 11.5. The van der Waals surface area contributed by atoms with E-state index in [0.717, 1.165) is 12.5 Å². The Morgan fingerprint density at radius 3 is 2.32 bits per heavy atom. The molecule has 22 heavy (non-hydrogen) atoms. The average molecular weight is 349 g/mol. The summed E-state index contributed by atoms with van der Waals surface area (Å²) in [6.07, 6.45) is 0.960. The lowest BCUT2D eigenvalue weighted by atomic mass is 10.1. The third kappa shape index (κ3) is 3.17. The number of carbonyl (C=O) groups is 1. The highest BCUT2D eigenvalue weighted by atomic mass is 32.3. The molecule has 0 N–H and O–H groups in total. The van der Waals surface area contributed by atoms with Crippen molar-refractivity contribution in [3.63, 3.8) is 0 Å². The van der Waals surface area contributed by atoms with Gasteiger partial charge in [-0.1, -0.05) is 0 Å². The number of methoxy groups -OCH3 is 1. The Bertz CT molecular complexity index is 782. The SMILES string of the molecule is COC(=O)C1Cc2cc(N(S(C)(=O)=O)S(C)(=O)=O)ccc2O1. The normalized spacial score (nSPS) is 17.5. The summed E-state index contributed by atoms with van der Waals surface area (Å²) in [6.45, 7) is 0. The van der Waals surface area contributed by atoms with E-state index in [0.29, 0.717) is 15.0 Å². The quantitative estimate of drug-likeness (QED) is 0.698. The molecule has 0 amide bonds. The summed E-state index contributed by atoms with van der Waals surface area (Å²) in [5.41, 5.74) is 0.503. The minimum absolute atomic E-state index is 0.0298. The first-order valence-corrected chi connectivity index (χ1v) is 9.81. The molecule has 122 valence electrons. The molecule has 1 aromatic rings. The van der Waals surface area contributed by atoms with E-state index in [-0.39, 0.29) is 12.1 Å². The summed E-state index contributed by atoms with van der Waals surface area (Å²) in [7, 11) is -6.80. The molecule has 0 saturated heterocycles. The van der Waals surface area contributed by atoms with Crippen molar-refractivity contribution in [2.45, 2.75) is 12.5 Å². The van der Waals surface area contributed by atoms with E-state index in [1.807, 2.05) is 0 Å². The standard InChI is InChI=1S/C12H15NO7S2/c1-19-12(14)11-7-8-6-9(4-5-10(8)20-11)13(21(2,15)16)22(3,17)18/h4-6,11H,7H2,1-3H3. The van der Waals surface area contributed by atoms with Crippen LogP contribution in [0.1, 0.15) is 5.56 Å². The highest BCUT2D eigenvalue weighted by Gasteiger charge is 2.33. The molecule has 2 rings (SSSR count). The Balaban J connectivity index is 2.44. The maximum atomic E-state index is 11.7. The van der Waals surface area contributed by atoms with E-state index in [4.69, 9.17) is 4.74 Å². The molecular formula is C12H15NO7S2. The molecule has 0 bridgehead atoms. The van der Waals surface area contributed by atoms with E-state index in [1.165, 1.54) is 25.3 Å². The van der Waals surface area contributed by atoms with Crippen LogP contribution in [0.2, 0.25) is 0 Å². The summed E-state index contributed by atoms with van der Waals surface area (Å²) in [5, 5.41) is 0. The number of nitrogens with zero attached hydrogens (tertiary/aromatic N) is 1. The topological polar surface area (TPSA) is 107 Å². The third-order valence-electron chi connectivity index (χ3n) is 3.00. The van der Waals surface area contributed by atoms with Crippen molar-refractivity contribution in [1.82, 2.24) is 0 Å². The molecule has 0 spiro atoms. The lowest BCUT2D eigenvalue weighted by Gasteiger charge is -2.20. The number of carbonyl (C=O) groups excluding carboxylic acids is 1. The van der Waals surface area contributed by atoms with Crippen LogP contribution in [-0.4, -0.2) is 48.5 Å². The molecule has 1 heterocycles. The molecule has 1 aliphatic heterocycles. The zero-order valence-electron chi connectivity index (χ0n) is 12.1. The zero-order chi connectivity index (χ0) is 16.7. The monoisotopic (exact) mass is 349 g/mol. The van der Waals surface area contributed by atoms with Gasteiger partial charge in [-0.05, 0) is 18.2 Å². The number of esters is 1. The van der Waals surface area contributed by atoms with Crippen LogP contribution in [0.3, 0.4) is 0 Å². The van der Waals surface area contributed by atoms with E-state index in [2.05, 4.69) is 4.74 Å². The van der Waals surface area contributed by atoms with E-state index < -0.39 is 32.1 Å². The van der Waals surface area contributed by atoms with Crippen molar-refractivity contribution >= 4 is 31.7 Å². The van der Waals surface area contributed by atoms with Crippen LogP contribution in [0.5, 0.6) is 5.75 Å². The van der Waals surface area contributed by atoms with Crippen LogP contribution in [-0.2, 0) is 36.0 Å². The first kappa shape index (κ1) is 16.6. The molecule has 1 aliphatic rings. The number of rotatable bonds is 4. The number of sulfonamides is 2. The second kappa shape index (κ2) is 5.43. The number of fused-ring (bicyclic) bond motifs is 1. The molecule has 0 aliphatic carbocycles. The number of ether oxygens (including phenoxy) is 2. The molecule has 1 unspecified atom stereocenters. The van der Waals surface area contributed by atoms with Crippen molar-refractivity contribution in [1.29, 1.82) is 0 Å². The maximum absolute atomic E-state index is 11.7. The fraction of sp³-hybridized carbons (Fsp3) is 0.417. The van der Waals surface area contributed by atoms with Gasteiger partial charge >= 0.3 is 5.97 Å². The molecule has 0 fully saturated rings. The molecule has 10 heteroatoms. The minimum atomic E-state index is -4.01. The fourth-order valence-corrected chi connectivity index (χ4v) is 5.20. The van der Waals surface area contributed by atoms with Crippen molar-refractivity contribution in [2.75, 3.05) is 23.3 Å². The fourth-order valence-electron chi connectivity index (χ4n) is 2.24. The maximum Gasteiger partial charge on any atom is 0.347 e. The first-order valence-electron chi connectivity index (χ1n) is 6.12. The van der Waals surface area contributed by atoms with Gasteiger partial charge in [-0.25, -0.2) is 21.6 Å². The summed E-state index contributed by atoms with van der Waals surface area (Å²) >= 11 is 0. The smallest absolute Gasteiger partial charge is 0.347 e. The lowest BCUT2D eigenvalue weighted by molar-refractivity contribution is -0.147. The molecule has 1 atom stereocenters. The molecule has 0 saturated carbocycles. The molecule has 0 aromatic heterocycles. The van der Waals surface area contributed by atoms with Gasteiger partial charge in [0.2, 0.25) is 20.0 Å². The van der Waals surface area contributed by atoms with Gasteiger partial charge in [0.05, 0.1) is 25.3 Å². The Morgan fingerprint density at radius 1 is 1.23 bits per heavy atom. The molecule has 0 radical (unpaired) electrons. The lowest BCUT2D eigenvalue weighted by Crippen LogP contribution is -2.35. The van der Waals surface area contributed by atoms with E-state index in [1.54, 1.807) is 0 Å². The van der Waals surface area contributed by atoms with Crippen LogP contribution in [0.4, 0.5) is 5.69 Å². The Labute approximate surface area is 128 Å². The number of benzene rings is 1. The van der Waals surface area contributed by atoms with Crippen molar-refractivity contribution < 1.29 is 31.1 Å². The van der Waals surface area contributed by atoms with Gasteiger partial charge in [0.25, 0.3) is 0 Å². The highest BCUT2D eigenvalue weighted by Crippen LogP contribution is 2.34. The van der Waals surface area contributed by atoms with Crippen LogP contribution in [0.25, 0.3) is 0 Å². The molecular weight excluding hydrogens is 334 g/mol.